The average molecular weight is 319 g/mol. The SMILES string of the molecule is CC(C)(C)c1c(N)nnn1-c1ccc(Cl)c(C(F)(F)F)c1. The van der Waals surface area contributed by atoms with Crippen molar-refractivity contribution in [1.29, 1.82) is 0 Å². The molecule has 0 atom stereocenters. The number of hydrogen-bond donors (Lipinski definition) is 1. The van der Waals surface area contributed by atoms with E-state index in [2.05, 4.69) is 10.3 Å². The van der Waals surface area contributed by atoms with Crippen molar-refractivity contribution in [2.75, 3.05) is 5.73 Å². The Kier molecular flexibility index (Phi) is 3.65. The van der Waals surface area contributed by atoms with E-state index in [1.165, 1.54) is 16.8 Å². The fourth-order valence-electron chi connectivity index (χ4n) is 2.04. The minimum absolute atomic E-state index is 0.186. The van der Waals surface area contributed by atoms with Crippen molar-refractivity contribution in [2.45, 2.75) is 32.4 Å². The largest absolute Gasteiger partial charge is 0.417 e. The molecule has 0 unspecified atom stereocenters. The maximum Gasteiger partial charge on any atom is 0.417 e. The molecule has 21 heavy (non-hydrogen) atoms. The lowest BCUT2D eigenvalue weighted by Crippen LogP contribution is -2.19. The Morgan fingerprint density at radius 3 is 2.33 bits per heavy atom. The molecule has 2 aromatic rings. The summed E-state index contributed by atoms with van der Waals surface area (Å²) in [5, 5.41) is 7.22. The Labute approximate surface area is 124 Å². The number of halogens is 4. The summed E-state index contributed by atoms with van der Waals surface area (Å²) >= 11 is 5.61. The molecule has 0 aliphatic rings. The third-order valence-electron chi connectivity index (χ3n) is 2.91. The van der Waals surface area contributed by atoms with E-state index < -0.39 is 17.2 Å². The lowest BCUT2D eigenvalue weighted by Gasteiger charge is -2.20. The van der Waals surface area contributed by atoms with Gasteiger partial charge in [0, 0.05) is 5.41 Å². The normalized spacial score (nSPS) is 12.7. The van der Waals surface area contributed by atoms with Gasteiger partial charge in [-0.25, -0.2) is 4.68 Å². The summed E-state index contributed by atoms with van der Waals surface area (Å²) in [5.74, 6) is 0.186. The van der Waals surface area contributed by atoms with Gasteiger partial charge in [-0.3, -0.25) is 0 Å². The topological polar surface area (TPSA) is 56.7 Å². The van der Waals surface area contributed by atoms with Gasteiger partial charge in [0.1, 0.15) is 0 Å². The molecular formula is C13H14ClF3N4. The van der Waals surface area contributed by atoms with Crippen molar-refractivity contribution < 1.29 is 13.2 Å². The van der Waals surface area contributed by atoms with Crippen molar-refractivity contribution in [3.05, 3.63) is 34.5 Å². The lowest BCUT2D eigenvalue weighted by atomic mass is 9.91. The highest BCUT2D eigenvalue weighted by Crippen LogP contribution is 2.36. The first kappa shape index (κ1) is 15.6. The van der Waals surface area contributed by atoms with Crippen LogP contribution >= 0.6 is 11.6 Å². The molecule has 0 radical (unpaired) electrons. The van der Waals surface area contributed by atoms with Gasteiger partial charge < -0.3 is 5.73 Å². The minimum Gasteiger partial charge on any atom is -0.381 e. The van der Waals surface area contributed by atoms with Crippen molar-refractivity contribution in [2.24, 2.45) is 0 Å². The smallest absolute Gasteiger partial charge is 0.381 e. The minimum atomic E-state index is -4.54. The molecule has 1 aromatic heterocycles. The monoisotopic (exact) mass is 318 g/mol. The third kappa shape index (κ3) is 2.97. The lowest BCUT2D eigenvalue weighted by molar-refractivity contribution is -0.137. The second-order valence-corrected chi connectivity index (χ2v) is 6.05. The number of hydrogen-bond acceptors (Lipinski definition) is 3. The van der Waals surface area contributed by atoms with Crippen LogP contribution in [0.4, 0.5) is 19.0 Å². The molecule has 114 valence electrons. The van der Waals surface area contributed by atoms with Crippen LogP contribution in [0.5, 0.6) is 0 Å². The van der Waals surface area contributed by atoms with Gasteiger partial charge in [0.15, 0.2) is 5.82 Å². The standard InChI is InChI=1S/C13H14ClF3N4/c1-12(2,3)10-11(18)19-20-21(10)7-4-5-9(14)8(6-7)13(15,16)17/h4-6H,18H2,1-3H3. The Morgan fingerprint density at radius 2 is 1.81 bits per heavy atom. The van der Waals surface area contributed by atoms with Crippen LogP contribution in [-0.4, -0.2) is 15.0 Å². The summed E-state index contributed by atoms with van der Waals surface area (Å²) in [6.45, 7) is 5.62. The quantitative estimate of drug-likeness (QED) is 0.869. The molecule has 0 aliphatic heterocycles. The zero-order valence-corrected chi connectivity index (χ0v) is 12.4. The molecule has 1 heterocycles. The molecule has 0 saturated heterocycles. The Balaban J connectivity index is 2.65. The molecule has 0 aliphatic carbocycles. The summed E-state index contributed by atoms with van der Waals surface area (Å²) < 4.78 is 40.1. The highest BCUT2D eigenvalue weighted by molar-refractivity contribution is 6.31. The maximum atomic E-state index is 12.9. The molecule has 1 aromatic carbocycles. The molecule has 0 amide bonds. The van der Waals surface area contributed by atoms with E-state index in [1.54, 1.807) is 0 Å². The van der Waals surface area contributed by atoms with E-state index in [0.717, 1.165) is 6.07 Å². The molecule has 2 N–H and O–H groups in total. The van der Waals surface area contributed by atoms with E-state index in [-0.39, 0.29) is 16.5 Å². The summed E-state index contributed by atoms with van der Waals surface area (Å²) in [6, 6.07) is 3.57. The predicted octanol–water partition coefficient (Wildman–Crippen LogP) is 3.82. The highest BCUT2D eigenvalue weighted by Gasteiger charge is 2.34. The van der Waals surface area contributed by atoms with Crippen molar-refractivity contribution >= 4 is 17.4 Å². The van der Waals surface area contributed by atoms with Gasteiger partial charge in [0.05, 0.1) is 22.0 Å². The number of nitrogens with zero attached hydrogens (tertiary/aromatic N) is 3. The maximum absolute atomic E-state index is 12.9. The van der Waals surface area contributed by atoms with Gasteiger partial charge in [-0.2, -0.15) is 13.2 Å². The molecule has 0 spiro atoms. The van der Waals surface area contributed by atoms with E-state index in [9.17, 15) is 13.2 Å². The number of nitrogens with two attached hydrogens (primary N) is 1. The van der Waals surface area contributed by atoms with E-state index >= 15 is 0 Å². The number of nitrogen functional groups attached to an aromatic ring is 1. The number of benzene rings is 1. The van der Waals surface area contributed by atoms with Crippen LogP contribution in [-0.2, 0) is 11.6 Å². The first-order valence-electron chi connectivity index (χ1n) is 6.10. The third-order valence-corrected chi connectivity index (χ3v) is 3.24. The molecule has 8 heteroatoms. The Morgan fingerprint density at radius 1 is 1.19 bits per heavy atom. The fourth-order valence-corrected chi connectivity index (χ4v) is 2.26. The molecule has 0 fully saturated rings. The Hall–Kier alpha value is -1.76. The van der Waals surface area contributed by atoms with Crippen molar-refractivity contribution in [1.82, 2.24) is 15.0 Å². The molecule has 4 nitrogen and oxygen atoms in total. The van der Waals surface area contributed by atoms with Gasteiger partial charge in [0.2, 0.25) is 0 Å². The number of alkyl halides is 3. The predicted molar refractivity (Wildman–Crippen MR) is 74.5 cm³/mol. The van der Waals surface area contributed by atoms with Crippen molar-refractivity contribution in [3.8, 4) is 5.69 Å². The van der Waals surface area contributed by atoms with Crippen LogP contribution in [0.2, 0.25) is 5.02 Å². The van der Waals surface area contributed by atoms with Crippen LogP contribution in [0, 0.1) is 0 Å². The van der Waals surface area contributed by atoms with Gasteiger partial charge >= 0.3 is 6.18 Å². The first-order chi connectivity index (χ1) is 9.51. The van der Waals surface area contributed by atoms with Crippen LogP contribution in [0.15, 0.2) is 18.2 Å². The van der Waals surface area contributed by atoms with Crippen LogP contribution in [0.3, 0.4) is 0 Å². The Bertz CT molecular complexity index is 671. The van der Waals surface area contributed by atoms with Gasteiger partial charge in [-0.1, -0.05) is 37.6 Å². The highest BCUT2D eigenvalue weighted by atomic mass is 35.5. The number of rotatable bonds is 1. The van der Waals surface area contributed by atoms with Gasteiger partial charge in [-0.05, 0) is 18.2 Å². The van der Waals surface area contributed by atoms with Gasteiger partial charge in [0.25, 0.3) is 0 Å². The van der Waals surface area contributed by atoms with Gasteiger partial charge in [-0.15, -0.1) is 5.10 Å². The second kappa shape index (κ2) is 4.91. The average Bonchev–Trinajstić information content (AvgIpc) is 2.70. The number of aromatic nitrogens is 3. The first-order valence-corrected chi connectivity index (χ1v) is 6.48. The van der Waals surface area contributed by atoms with E-state index in [4.69, 9.17) is 17.3 Å². The second-order valence-electron chi connectivity index (χ2n) is 5.65. The van der Waals surface area contributed by atoms with Crippen LogP contribution in [0.25, 0.3) is 5.69 Å². The summed E-state index contributed by atoms with van der Waals surface area (Å²) in [4.78, 5) is 0. The zero-order chi connectivity index (χ0) is 16.0. The fraction of sp³-hybridized carbons (Fsp3) is 0.385. The zero-order valence-electron chi connectivity index (χ0n) is 11.7. The molecule has 2 rings (SSSR count). The van der Waals surface area contributed by atoms with E-state index in [0.29, 0.717) is 5.69 Å². The summed E-state index contributed by atoms with van der Waals surface area (Å²) in [5.41, 5.74) is 5.18. The number of anilines is 1. The summed E-state index contributed by atoms with van der Waals surface area (Å²) in [7, 11) is 0. The van der Waals surface area contributed by atoms with E-state index in [1.807, 2.05) is 20.8 Å². The van der Waals surface area contributed by atoms with Crippen LogP contribution in [0.1, 0.15) is 32.0 Å². The van der Waals surface area contributed by atoms with Crippen molar-refractivity contribution in [3.63, 3.8) is 0 Å². The van der Waals surface area contributed by atoms with Crippen LogP contribution < -0.4 is 5.73 Å². The molecule has 0 bridgehead atoms. The molecular weight excluding hydrogens is 305 g/mol. The molecule has 0 saturated carbocycles. The summed E-state index contributed by atoms with van der Waals surface area (Å²) in [6.07, 6.45) is -4.54.